The van der Waals surface area contributed by atoms with E-state index in [4.69, 9.17) is 11.6 Å². The summed E-state index contributed by atoms with van der Waals surface area (Å²) in [6.45, 7) is 3.52. The molecule has 3 unspecified atom stereocenters. The molecule has 166 valence electrons. The topological polar surface area (TPSA) is 47.6 Å². The van der Waals surface area contributed by atoms with E-state index in [9.17, 15) is 4.79 Å². The molecule has 6 heteroatoms. The maximum Gasteiger partial charge on any atom is 0.222 e. The zero-order valence-corrected chi connectivity index (χ0v) is 19.0. The molecule has 2 aliphatic heterocycles. The molecule has 31 heavy (non-hydrogen) atoms. The number of para-hydroxylation sites is 1. The molecule has 0 saturated carbocycles. The van der Waals surface area contributed by atoms with Crippen LogP contribution in [0.4, 0.5) is 5.69 Å². The third-order valence-corrected chi connectivity index (χ3v) is 6.97. The number of hydrogen-bond donors (Lipinski definition) is 2. The number of carbonyl (C=O) groups is 1. The smallest absolute Gasteiger partial charge is 0.222 e. The molecule has 0 radical (unpaired) electrons. The lowest BCUT2D eigenvalue weighted by molar-refractivity contribution is -0.133. The van der Waals surface area contributed by atoms with Crippen molar-refractivity contribution in [3.05, 3.63) is 65.2 Å². The minimum atomic E-state index is 0.292. The lowest BCUT2D eigenvalue weighted by Crippen LogP contribution is -2.48. The molecule has 2 heterocycles. The minimum Gasteiger partial charge on any atom is -0.375 e. The van der Waals surface area contributed by atoms with Crippen molar-refractivity contribution in [1.82, 2.24) is 15.8 Å². The molecule has 5 nitrogen and oxygen atoms in total. The van der Waals surface area contributed by atoms with E-state index in [0.29, 0.717) is 30.2 Å². The number of hydrogen-bond acceptors (Lipinski definition) is 4. The molecule has 2 N–H and O–H groups in total. The molecule has 4 rings (SSSR count). The van der Waals surface area contributed by atoms with Crippen molar-refractivity contribution in [3.63, 3.8) is 0 Å². The van der Waals surface area contributed by atoms with Crippen molar-refractivity contribution >= 4 is 23.2 Å². The highest BCUT2D eigenvalue weighted by Crippen LogP contribution is 2.32. The van der Waals surface area contributed by atoms with Crippen molar-refractivity contribution in [2.45, 2.75) is 37.6 Å². The fourth-order valence-corrected chi connectivity index (χ4v) is 5.09. The highest BCUT2D eigenvalue weighted by atomic mass is 35.5. The first kappa shape index (κ1) is 22.1. The van der Waals surface area contributed by atoms with Crippen LogP contribution < -0.4 is 15.8 Å². The zero-order valence-electron chi connectivity index (χ0n) is 18.3. The molecule has 2 aromatic rings. The van der Waals surface area contributed by atoms with E-state index in [2.05, 4.69) is 52.0 Å². The molecule has 2 fully saturated rings. The fourth-order valence-electron chi connectivity index (χ4n) is 4.96. The van der Waals surface area contributed by atoms with Gasteiger partial charge in [-0.25, -0.2) is 0 Å². The van der Waals surface area contributed by atoms with Gasteiger partial charge in [0.25, 0.3) is 0 Å². The summed E-state index contributed by atoms with van der Waals surface area (Å²) in [6.07, 6.45) is 3.72. The van der Waals surface area contributed by atoms with Crippen LogP contribution in [0.5, 0.6) is 0 Å². The second-order valence-electron chi connectivity index (χ2n) is 8.81. The van der Waals surface area contributed by atoms with Crippen molar-refractivity contribution in [1.29, 1.82) is 0 Å². The zero-order chi connectivity index (χ0) is 21.6. The summed E-state index contributed by atoms with van der Waals surface area (Å²) in [5.41, 5.74) is 9.35. The van der Waals surface area contributed by atoms with Crippen molar-refractivity contribution in [2.24, 2.45) is 5.92 Å². The number of benzene rings is 2. The van der Waals surface area contributed by atoms with E-state index >= 15 is 0 Å². The number of carbonyl (C=O) groups excluding carboxylic acids is 1. The summed E-state index contributed by atoms with van der Waals surface area (Å²) in [5, 5.41) is 0.770. The minimum absolute atomic E-state index is 0.292. The lowest BCUT2D eigenvalue weighted by atomic mass is 9.81. The van der Waals surface area contributed by atoms with Gasteiger partial charge in [0.1, 0.15) is 0 Å². The van der Waals surface area contributed by atoms with E-state index < -0.39 is 0 Å². The first-order valence-corrected chi connectivity index (χ1v) is 11.8. The van der Waals surface area contributed by atoms with Gasteiger partial charge in [0.2, 0.25) is 5.91 Å². The second kappa shape index (κ2) is 10.5. The first-order chi connectivity index (χ1) is 15.1. The molecule has 0 spiro atoms. The standard InChI is InChI=1S/C25H33ClN4O/c1-29(22-8-3-2-4-9-22)15-6-10-24(31)30-16-5-7-20(18-30)25-23(17-27-28-25)19-11-13-21(26)14-12-19/h2-4,8-9,11-14,20,23,25,27-28H,5-7,10,15-18H2,1H3. The van der Waals surface area contributed by atoms with Gasteiger partial charge in [-0.1, -0.05) is 41.9 Å². The van der Waals surface area contributed by atoms with Crippen LogP contribution in [0.2, 0.25) is 5.02 Å². The van der Waals surface area contributed by atoms with Crippen LogP contribution in [0.3, 0.4) is 0 Å². The molecular formula is C25H33ClN4O. The van der Waals surface area contributed by atoms with E-state index in [1.807, 2.05) is 30.3 Å². The summed E-state index contributed by atoms with van der Waals surface area (Å²) >= 11 is 6.07. The Labute approximate surface area is 190 Å². The van der Waals surface area contributed by atoms with Crippen LogP contribution in [-0.4, -0.2) is 50.1 Å². The van der Waals surface area contributed by atoms with Gasteiger partial charge in [0.05, 0.1) is 0 Å². The number of piperidine rings is 1. The fraction of sp³-hybridized carbons (Fsp3) is 0.480. The number of hydrazine groups is 1. The first-order valence-electron chi connectivity index (χ1n) is 11.4. The van der Waals surface area contributed by atoms with Crippen LogP contribution in [0.25, 0.3) is 0 Å². The van der Waals surface area contributed by atoms with Crippen LogP contribution in [0, 0.1) is 5.92 Å². The van der Waals surface area contributed by atoms with Crippen molar-refractivity contribution in [3.8, 4) is 0 Å². The number of halogens is 1. The van der Waals surface area contributed by atoms with E-state index in [1.165, 1.54) is 11.3 Å². The summed E-state index contributed by atoms with van der Waals surface area (Å²) < 4.78 is 0. The molecule has 0 aromatic heterocycles. The summed E-state index contributed by atoms with van der Waals surface area (Å²) in [5.74, 6) is 1.15. The van der Waals surface area contributed by atoms with Gasteiger partial charge in [-0.05, 0) is 55.0 Å². The van der Waals surface area contributed by atoms with Gasteiger partial charge < -0.3 is 9.80 Å². The van der Waals surface area contributed by atoms with E-state index in [-0.39, 0.29) is 0 Å². The molecule has 0 aliphatic carbocycles. The Morgan fingerprint density at radius 1 is 1.16 bits per heavy atom. The summed E-state index contributed by atoms with van der Waals surface area (Å²) in [4.78, 5) is 17.2. The highest BCUT2D eigenvalue weighted by Gasteiger charge is 2.37. The normalized spacial score (nSPS) is 23.7. The van der Waals surface area contributed by atoms with Crippen molar-refractivity contribution < 1.29 is 4.79 Å². The molecule has 0 bridgehead atoms. The average molecular weight is 441 g/mol. The summed E-state index contributed by atoms with van der Waals surface area (Å²) in [7, 11) is 2.09. The van der Waals surface area contributed by atoms with Gasteiger partial charge in [-0.15, -0.1) is 0 Å². The molecule has 2 saturated heterocycles. The third kappa shape index (κ3) is 5.59. The number of nitrogens with zero attached hydrogens (tertiary/aromatic N) is 2. The number of amides is 1. The van der Waals surface area contributed by atoms with E-state index in [1.54, 1.807) is 0 Å². The quantitative estimate of drug-likeness (QED) is 0.681. The molecular weight excluding hydrogens is 408 g/mol. The number of anilines is 1. The molecule has 3 atom stereocenters. The number of nitrogens with one attached hydrogen (secondary N) is 2. The Morgan fingerprint density at radius 2 is 1.94 bits per heavy atom. The Kier molecular flexibility index (Phi) is 7.49. The van der Waals surface area contributed by atoms with Gasteiger partial charge in [0, 0.05) is 62.3 Å². The molecule has 2 aliphatic rings. The summed E-state index contributed by atoms with van der Waals surface area (Å²) in [6, 6.07) is 18.9. The maximum absolute atomic E-state index is 12.9. The molecule has 1 amide bonds. The Hall–Kier alpha value is -2.08. The van der Waals surface area contributed by atoms with Crippen LogP contribution in [0.1, 0.15) is 37.2 Å². The number of rotatable bonds is 7. The predicted octanol–water partition coefficient (Wildman–Crippen LogP) is 4.06. The van der Waals surface area contributed by atoms with Gasteiger partial charge in [-0.3, -0.25) is 15.6 Å². The maximum atomic E-state index is 12.9. The Bertz CT molecular complexity index is 844. The number of likely N-dealkylation sites (tertiary alicyclic amines) is 1. The lowest BCUT2D eigenvalue weighted by Gasteiger charge is -2.37. The van der Waals surface area contributed by atoms with Crippen LogP contribution in [-0.2, 0) is 4.79 Å². The Balaban J connectivity index is 1.29. The van der Waals surface area contributed by atoms with Crippen molar-refractivity contribution in [2.75, 3.05) is 38.1 Å². The van der Waals surface area contributed by atoms with Crippen LogP contribution >= 0.6 is 11.6 Å². The largest absolute Gasteiger partial charge is 0.375 e. The van der Waals surface area contributed by atoms with Gasteiger partial charge in [-0.2, -0.15) is 0 Å². The molecule has 2 aromatic carbocycles. The second-order valence-corrected chi connectivity index (χ2v) is 9.25. The average Bonchev–Trinajstić information content (AvgIpc) is 3.30. The Morgan fingerprint density at radius 3 is 2.71 bits per heavy atom. The van der Waals surface area contributed by atoms with Gasteiger partial charge in [0.15, 0.2) is 0 Å². The van der Waals surface area contributed by atoms with E-state index in [0.717, 1.165) is 50.5 Å². The highest BCUT2D eigenvalue weighted by molar-refractivity contribution is 6.30. The van der Waals surface area contributed by atoms with Crippen LogP contribution in [0.15, 0.2) is 54.6 Å². The van der Waals surface area contributed by atoms with Gasteiger partial charge >= 0.3 is 0 Å². The SMILES string of the molecule is CN(CCCC(=O)N1CCCC(C2NNCC2c2ccc(Cl)cc2)C1)c1ccccc1. The monoisotopic (exact) mass is 440 g/mol. The predicted molar refractivity (Wildman–Crippen MR) is 127 cm³/mol. The third-order valence-electron chi connectivity index (χ3n) is 6.72.